The summed E-state index contributed by atoms with van der Waals surface area (Å²) in [5.41, 5.74) is -0.0298. The first-order valence-electron chi connectivity index (χ1n) is 7.29. The molecule has 6 heteroatoms. The number of aliphatic carboxylic acids is 1. The van der Waals surface area contributed by atoms with Crippen LogP contribution in [0.15, 0.2) is 11.1 Å². The molecule has 0 spiro atoms. The standard InChI is InChI=1S/C15H26N2O4/c1-6-12(7-2)9-17(8-3)15(21)16-13(18)10(4)11(5)14(19)20/h12H,6-9H2,1-5H3,(H,19,20)(H,16,18,21). The van der Waals surface area contributed by atoms with Crippen LogP contribution in [0.5, 0.6) is 0 Å². The van der Waals surface area contributed by atoms with Crippen molar-refractivity contribution >= 4 is 17.9 Å². The van der Waals surface area contributed by atoms with Gasteiger partial charge < -0.3 is 10.0 Å². The van der Waals surface area contributed by atoms with Crippen LogP contribution in [-0.4, -0.2) is 41.0 Å². The van der Waals surface area contributed by atoms with E-state index < -0.39 is 17.9 Å². The minimum Gasteiger partial charge on any atom is -0.478 e. The van der Waals surface area contributed by atoms with Crippen molar-refractivity contribution in [1.82, 2.24) is 10.2 Å². The van der Waals surface area contributed by atoms with Crippen molar-refractivity contribution in [2.24, 2.45) is 5.92 Å². The van der Waals surface area contributed by atoms with E-state index in [1.54, 1.807) is 4.90 Å². The van der Waals surface area contributed by atoms with Gasteiger partial charge in [-0.3, -0.25) is 10.1 Å². The van der Waals surface area contributed by atoms with E-state index in [1.165, 1.54) is 13.8 Å². The number of hydrogen-bond acceptors (Lipinski definition) is 3. The van der Waals surface area contributed by atoms with Gasteiger partial charge in [0.1, 0.15) is 0 Å². The van der Waals surface area contributed by atoms with Crippen LogP contribution in [0.4, 0.5) is 4.79 Å². The highest BCUT2D eigenvalue weighted by molar-refractivity contribution is 6.07. The highest BCUT2D eigenvalue weighted by Crippen LogP contribution is 2.10. The molecule has 0 aromatic carbocycles. The number of imide groups is 1. The number of hydrogen-bond donors (Lipinski definition) is 2. The molecule has 0 unspecified atom stereocenters. The number of amides is 3. The van der Waals surface area contributed by atoms with Gasteiger partial charge in [-0.1, -0.05) is 26.7 Å². The summed E-state index contributed by atoms with van der Waals surface area (Å²) < 4.78 is 0. The number of nitrogens with zero attached hydrogens (tertiary/aromatic N) is 1. The molecule has 0 radical (unpaired) electrons. The molecule has 0 saturated heterocycles. The fourth-order valence-corrected chi connectivity index (χ4v) is 1.81. The monoisotopic (exact) mass is 298 g/mol. The molecule has 0 aliphatic carbocycles. The largest absolute Gasteiger partial charge is 0.478 e. The molecule has 3 amide bonds. The van der Waals surface area contributed by atoms with Crippen LogP contribution in [0.2, 0.25) is 0 Å². The Bertz CT molecular complexity index is 425. The molecule has 0 aromatic heterocycles. The molecule has 0 aliphatic rings. The Morgan fingerprint density at radius 3 is 1.95 bits per heavy atom. The summed E-state index contributed by atoms with van der Waals surface area (Å²) in [6, 6.07) is -0.480. The third-order valence-electron chi connectivity index (χ3n) is 3.75. The van der Waals surface area contributed by atoms with Crippen molar-refractivity contribution in [2.45, 2.75) is 47.5 Å². The molecule has 0 rings (SSSR count). The fraction of sp³-hybridized carbons (Fsp3) is 0.667. The van der Waals surface area contributed by atoms with E-state index in [9.17, 15) is 14.4 Å². The molecule has 0 heterocycles. The lowest BCUT2D eigenvalue weighted by Gasteiger charge is -2.25. The predicted octanol–water partition coefficient (Wildman–Crippen LogP) is 2.40. The third-order valence-corrected chi connectivity index (χ3v) is 3.75. The molecule has 0 fully saturated rings. The topological polar surface area (TPSA) is 86.7 Å². The summed E-state index contributed by atoms with van der Waals surface area (Å²) >= 11 is 0. The number of carboxylic acid groups (broad SMARTS) is 1. The van der Waals surface area contributed by atoms with E-state index in [4.69, 9.17) is 5.11 Å². The highest BCUT2D eigenvalue weighted by Gasteiger charge is 2.20. The van der Waals surface area contributed by atoms with Crippen molar-refractivity contribution in [3.63, 3.8) is 0 Å². The van der Waals surface area contributed by atoms with E-state index in [-0.39, 0.29) is 11.1 Å². The zero-order valence-electron chi connectivity index (χ0n) is 13.5. The first kappa shape index (κ1) is 19.1. The Kier molecular flexibility index (Phi) is 8.35. The Morgan fingerprint density at radius 1 is 1.05 bits per heavy atom. The molecular weight excluding hydrogens is 272 g/mol. The average molecular weight is 298 g/mol. The van der Waals surface area contributed by atoms with Crippen molar-refractivity contribution in [1.29, 1.82) is 0 Å². The van der Waals surface area contributed by atoms with Gasteiger partial charge in [-0.2, -0.15) is 0 Å². The summed E-state index contributed by atoms with van der Waals surface area (Å²) in [5, 5.41) is 11.1. The molecule has 0 atom stereocenters. The number of carbonyl (C=O) groups is 3. The van der Waals surface area contributed by atoms with Gasteiger partial charge in [-0.05, 0) is 26.7 Å². The van der Waals surface area contributed by atoms with Crippen molar-refractivity contribution in [3.05, 3.63) is 11.1 Å². The number of carbonyl (C=O) groups excluding carboxylic acids is 2. The molecule has 0 bridgehead atoms. The van der Waals surface area contributed by atoms with Crippen LogP contribution in [0.1, 0.15) is 47.5 Å². The van der Waals surface area contributed by atoms with Crippen molar-refractivity contribution < 1.29 is 19.5 Å². The maximum Gasteiger partial charge on any atom is 0.331 e. The first-order chi connectivity index (χ1) is 9.78. The van der Waals surface area contributed by atoms with Crippen molar-refractivity contribution in [3.8, 4) is 0 Å². The smallest absolute Gasteiger partial charge is 0.331 e. The number of rotatable bonds is 7. The third kappa shape index (κ3) is 5.97. The summed E-state index contributed by atoms with van der Waals surface area (Å²) in [6.07, 6.45) is 1.93. The van der Waals surface area contributed by atoms with Gasteiger partial charge in [0.15, 0.2) is 0 Å². The van der Waals surface area contributed by atoms with Gasteiger partial charge in [-0.15, -0.1) is 0 Å². The molecule has 120 valence electrons. The summed E-state index contributed by atoms with van der Waals surface area (Å²) in [4.78, 5) is 36.3. The van der Waals surface area contributed by atoms with Gasteiger partial charge in [0.25, 0.3) is 5.91 Å². The fourth-order valence-electron chi connectivity index (χ4n) is 1.81. The molecular formula is C15H26N2O4. The van der Waals surface area contributed by atoms with Crippen LogP contribution >= 0.6 is 0 Å². The molecule has 2 N–H and O–H groups in total. The summed E-state index contributed by atoms with van der Waals surface area (Å²) in [7, 11) is 0. The van der Waals surface area contributed by atoms with E-state index in [0.29, 0.717) is 19.0 Å². The lowest BCUT2D eigenvalue weighted by Crippen LogP contribution is -2.45. The second-order valence-electron chi connectivity index (χ2n) is 5.04. The second-order valence-corrected chi connectivity index (χ2v) is 5.04. The molecule has 6 nitrogen and oxygen atoms in total. The minimum absolute atomic E-state index is 0.0365. The van der Waals surface area contributed by atoms with Crippen molar-refractivity contribution in [2.75, 3.05) is 13.1 Å². The first-order valence-corrected chi connectivity index (χ1v) is 7.29. The average Bonchev–Trinajstić information content (AvgIpc) is 2.46. The SMILES string of the molecule is CCC(CC)CN(CC)C(=O)NC(=O)C(C)=C(C)C(=O)O. The maximum absolute atomic E-state index is 12.1. The molecule has 21 heavy (non-hydrogen) atoms. The van der Waals surface area contributed by atoms with Crippen LogP contribution in [0.25, 0.3) is 0 Å². The second kappa shape index (κ2) is 9.15. The Balaban J connectivity index is 4.82. The predicted molar refractivity (Wildman–Crippen MR) is 80.9 cm³/mol. The Morgan fingerprint density at radius 2 is 1.57 bits per heavy atom. The molecule has 0 saturated carbocycles. The Hall–Kier alpha value is -1.85. The lowest BCUT2D eigenvalue weighted by atomic mass is 10.0. The quantitative estimate of drug-likeness (QED) is 0.707. The Labute approximate surface area is 126 Å². The maximum atomic E-state index is 12.1. The van der Waals surface area contributed by atoms with Gasteiger partial charge in [0.2, 0.25) is 0 Å². The lowest BCUT2D eigenvalue weighted by molar-refractivity contribution is -0.133. The van der Waals surface area contributed by atoms with Crippen LogP contribution < -0.4 is 5.32 Å². The summed E-state index contributed by atoms with van der Waals surface area (Å²) in [6.45, 7) is 9.78. The number of carboxylic acids is 1. The van der Waals surface area contributed by atoms with E-state index in [2.05, 4.69) is 19.2 Å². The molecule has 0 aromatic rings. The number of nitrogens with one attached hydrogen (secondary N) is 1. The van der Waals surface area contributed by atoms with Gasteiger partial charge in [-0.25, -0.2) is 9.59 Å². The molecule has 0 aliphatic heterocycles. The van der Waals surface area contributed by atoms with E-state index in [0.717, 1.165) is 12.8 Å². The van der Waals surface area contributed by atoms with Crippen LogP contribution in [0.3, 0.4) is 0 Å². The highest BCUT2D eigenvalue weighted by atomic mass is 16.4. The zero-order valence-corrected chi connectivity index (χ0v) is 13.5. The van der Waals surface area contributed by atoms with Gasteiger partial charge in [0, 0.05) is 24.2 Å². The summed E-state index contributed by atoms with van der Waals surface area (Å²) in [5.74, 6) is -1.44. The van der Waals surface area contributed by atoms with E-state index >= 15 is 0 Å². The minimum atomic E-state index is -1.17. The van der Waals surface area contributed by atoms with Crippen LogP contribution in [-0.2, 0) is 9.59 Å². The zero-order chi connectivity index (χ0) is 16.6. The van der Waals surface area contributed by atoms with E-state index in [1.807, 2.05) is 6.92 Å². The van der Waals surface area contributed by atoms with Gasteiger partial charge >= 0.3 is 12.0 Å². The van der Waals surface area contributed by atoms with Crippen LogP contribution in [0, 0.1) is 5.92 Å². The number of urea groups is 1. The van der Waals surface area contributed by atoms with Gasteiger partial charge in [0.05, 0.1) is 0 Å². The normalized spacial score (nSPS) is 11.9.